The zero-order valence-electron chi connectivity index (χ0n) is 16.5. The first kappa shape index (κ1) is 26.1. The third-order valence-electron chi connectivity index (χ3n) is 3.64. The van der Waals surface area contributed by atoms with Crippen molar-refractivity contribution in [1.82, 2.24) is 0 Å². The van der Waals surface area contributed by atoms with Gasteiger partial charge >= 0.3 is 11.9 Å². The van der Waals surface area contributed by atoms with Gasteiger partial charge in [-0.25, -0.2) is 9.98 Å². The number of aliphatic imine (C=N–C) groups is 4. The third-order valence-corrected chi connectivity index (χ3v) is 3.64. The monoisotopic (exact) mass is 412 g/mol. The predicted octanol–water partition coefficient (Wildman–Crippen LogP) is -0.688. The molecule has 0 aromatic carbocycles. The van der Waals surface area contributed by atoms with Crippen molar-refractivity contribution in [2.75, 3.05) is 13.1 Å². The molecule has 0 spiro atoms. The smallest absolute Gasteiger partial charge is 0.320 e. The van der Waals surface area contributed by atoms with Crippen LogP contribution in [0.2, 0.25) is 0 Å². The number of hydrogen-bond donors (Lipinski definition) is 6. The lowest BCUT2D eigenvalue weighted by Gasteiger charge is -2.03. The molecule has 0 aromatic rings. The molecule has 0 rings (SSSR count). The van der Waals surface area contributed by atoms with Crippen LogP contribution in [0.4, 0.5) is 0 Å². The summed E-state index contributed by atoms with van der Waals surface area (Å²) in [7, 11) is 0. The van der Waals surface area contributed by atoms with E-state index in [0.29, 0.717) is 51.6 Å². The fraction of sp³-hybridized carbons (Fsp3) is 0.647. The van der Waals surface area contributed by atoms with Crippen LogP contribution >= 0.6 is 0 Å². The van der Waals surface area contributed by atoms with Crippen LogP contribution < -0.4 is 22.9 Å². The van der Waals surface area contributed by atoms with E-state index in [1.807, 2.05) is 0 Å². The summed E-state index contributed by atoms with van der Waals surface area (Å²) in [6.07, 6.45) is 7.15. The molecular formula is C17H32N8O4. The Kier molecular flexibility index (Phi) is 14.5. The largest absolute Gasteiger partial charge is 0.480 e. The summed E-state index contributed by atoms with van der Waals surface area (Å²) in [6, 6.07) is -1.77. The fourth-order valence-electron chi connectivity index (χ4n) is 1.95. The maximum absolute atomic E-state index is 10.6. The average Bonchev–Trinajstić information content (AvgIpc) is 2.67. The van der Waals surface area contributed by atoms with E-state index in [2.05, 4.69) is 20.0 Å². The van der Waals surface area contributed by atoms with E-state index < -0.39 is 24.0 Å². The Hall–Kier alpha value is -2.86. The van der Waals surface area contributed by atoms with Crippen LogP contribution in [-0.2, 0) is 9.59 Å². The van der Waals surface area contributed by atoms with Gasteiger partial charge in [0.05, 0.1) is 0 Å². The molecule has 0 aromatic heterocycles. The highest BCUT2D eigenvalue weighted by molar-refractivity contribution is 5.87. The van der Waals surface area contributed by atoms with E-state index in [0.717, 1.165) is 6.42 Å². The minimum Gasteiger partial charge on any atom is -0.480 e. The Morgan fingerprint density at radius 3 is 1.48 bits per heavy atom. The standard InChI is InChI=1S/C17H32N8O4/c18-12(14(26)27)6-4-10-24-16(20)22-8-2-1-3-9-23-17(21)25-11-5-7-13(19)15(28)29/h8-9,12-13H,1-7,10-11,18-19H2,(H2,20,24)(H2,21,25)(H,26,27)(H,28,29)/t12-,13-/m0/s1. The highest BCUT2D eigenvalue weighted by atomic mass is 16.4. The summed E-state index contributed by atoms with van der Waals surface area (Å²) in [4.78, 5) is 37.1. The number of hydrogen-bond acceptors (Lipinski definition) is 6. The first-order valence-electron chi connectivity index (χ1n) is 9.35. The van der Waals surface area contributed by atoms with Crippen LogP contribution in [0.15, 0.2) is 20.0 Å². The summed E-state index contributed by atoms with van der Waals surface area (Å²) in [5.74, 6) is -1.78. The predicted molar refractivity (Wildman–Crippen MR) is 114 cm³/mol. The molecule has 0 aliphatic rings. The zero-order chi connectivity index (χ0) is 22.1. The molecule has 0 radical (unpaired) electrons. The summed E-state index contributed by atoms with van der Waals surface area (Å²) in [6.45, 7) is 0.745. The molecule has 0 fully saturated rings. The Morgan fingerprint density at radius 2 is 1.14 bits per heavy atom. The number of aliphatic carboxylic acids is 2. The number of nitrogens with two attached hydrogens (primary N) is 4. The SMILES string of the molecule is NC(N=CCCCC=NC(N)=NCCC[C@H](N)C(=O)O)=NCCC[C@H](N)C(=O)O. The summed E-state index contributed by atoms with van der Waals surface area (Å²) < 4.78 is 0. The van der Waals surface area contributed by atoms with E-state index in [1.54, 1.807) is 12.4 Å². The van der Waals surface area contributed by atoms with Gasteiger partial charge in [0.25, 0.3) is 0 Å². The van der Waals surface area contributed by atoms with Crippen LogP contribution in [0, 0.1) is 0 Å². The van der Waals surface area contributed by atoms with Gasteiger partial charge in [0.15, 0.2) is 0 Å². The Balaban J connectivity index is 3.87. The second kappa shape index (κ2) is 16.1. The number of unbranched alkanes of at least 4 members (excludes halogenated alkanes) is 2. The van der Waals surface area contributed by atoms with Crippen molar-refractivity contribution >= 4 is 36.3 Å². The second-order valence-electron chi connectivity index (χ2n) is 6.21. The molecule has 12 heteroatoms. The van der Waals surface area contributed by atoms with Gasteiger partial charge < -0.3 is 33.1 Å². The van der Waals surface area contributed by atoms with Gasteiger partial charge in [-0.15, -0.1) is 0 Å². The van der Waals surface area contributed by atoms with Crippen LogP contribution in [0.3, 0.4) is 0 Å². The molecule has 0 unspecified atom stereocenters. The number of guanidine groups is 2. The molecule has 0 amide bonds. The van der Waals surface area contributed by atoms with Gasteiger partial charge in [-0.3, -0.25) is 19.6 Å². The van der Waals surface area contributed by atoms with Crippen LogP contribution in [0.5, 0.6) is 0 Å². The van der Waals surface area contributed by atoms with Gasteiger partial charge in [-0.05, 0) is 44.9 Å². The molecule has 0 saturated heterocycles. The zero-order valence-corrected chi connectivity index (χ0v) is 16.5. The van der Waals surface area contributed by atoms with Crippen molar-refractivity contribution in [3.8, 4) is 0 Å². The van der Waals surface area contributed by atoms with Crippen molar-refractivity contribution in [2.45, 2.75) is 57.0 Å². The minimum absolute atomic E-state index is 0.140. The third kappa shape index (κ3) is 15.9. The van der Waals surface area contributed by atoms with Crippen molar-refractivity contribution in [1.29, 1.82) is 0 Å². The second-order valence-corrected chi connectivity index (χ2v) is 6.21. The van der Waals surface area contributed by atoms with E-state index in [-0.39, 0.29) is 11.9 Å². The summed E-state index contributed by atoms with van der Waals surface area (Å²) >= 11 is 0. The maximum Gasteiger partial charge on any atom is 0.320 e. The van der Waals surface area contributed by atoms with E-state index in [4.69, 9.17) is 33.1 Å². The fourth-order valence-corrected chi connectivity index (χ4v) is 1.95. The van der Waals surface area contributed by atoms with Gasteiger partial charge in [0.2, 0.25) is 11.9 Å². The quantitative estimate of drug-likeness (QED) is 0.121. The van der Waals surface area contributed by atoms with Gasteiger partial charge in [0.1, 0.15) is 12.1 Å². The molecule has 29 heavy (non-hydrogen) atoms. The molecule has 2 atom stereocenters. The topological polar surface area (TPSA) is 228 Å². The first-order chi connectivity index (χ1) is 13.7. The Labute approximate surface area is 169 Å². The molecule has 0 saturated carbocycles. The first-order valence-corrected chi connectivity index (χ1v) is 9.35. The van der Waals surface area contributed by atoms with Crippen LogP contribution in [0.25, 0.3) is 0 Å². The summed E-state index contributed by atoms with van der Waals surface area (Å²) in [5, 5.41) is 17.3. The molecule has 0 heterocycles. The number of rotatable bonds is 14. The van der Waals surface area contributed by atoms with Gasteiger partial charge in [-0.2, -0.15) is 0 Å². The summed E-state index contributed by atoms with van der Waals surface area (Å²) in [5.41, 5.74) is 22.0. The van der Waals surface area contributed by atoms with Crippen molar-refractivity contribution in [2.24, 2.45) is 42.9 Å². The normalized spacial score (nSPS) is 15.1. The molecule has 12 nitrogen and oxygen atoms in total. The van der Waals surface area contributed by atoms with Crippen LogP contribution in [-0.4, -0.2) is 71.7 Å². The molecule has 0 aliphatic heterocycles. The van der Waals surface area contributed by atoms with Crippen LogP contribution in [0.1, 0.15) is 44.9 Å². The number of carboxylic acids is 2. The van der Waals surface area contributed by atoms with E-state index in [1.165, 1.54) is 0 Å². The Bertz CT molecular complexity index is 567. The molecule has 0 aliphatic carbocycles. The lowest BCUT2D eigenvalue weighted by molar-refractivity contribution is -0.139. The molecule has 164 valence electrons. The molecule has 0 bridgehead atoms. The number of nitrogens with zero attached hydrogens (tertiary/aromatic N) is 4. The number of carboxylic acid groups (broad SMARTS) is 2. The highest BCUT2D eigenvalue weighted by Gasteiger charge is 2.10. The minimum atomic E-state index is -1.03. The molecular weight excluding hydrogens is 380 g/mol. The Morgan fingerprint density at radius 1 is 0.759 bits per heavy atom. The van der Waals surface area contributed by atoms with Crippen molar-refractivity contribution in [3.05, 3.63) is 0 Å². The lowest BCUT2D eigenvalue weighted by atomic mass is 10.2. The van der Waals surface area contributed by atoms with Gasteiger partial charge in [-0.1, -0.05) is 0 Å². The number of carbonyl (C=O) groups is 2. The maximum atomic E-state index is 10.6. The average molecular weight is 412 g/mol. The lowest BCUT2D eigenvalue weighted by Crippen LogP contribution is -2.30. The van der Waals surface area contributed by atoms with Gasteiger partial charge in [0, 0.05) is 25.5 Å². The van der Waals surface area contributed by atoms with Crippen molar-refractivity contribution in [3.63, 3.8) is 0 Å². The van der Waals surface area contributed by atoms with E-state index in [9.17, 15) is 9.59 Å². The van der Waals surface area contributed by atoms with Crippen molar-refractivity contribution < 1.29 is 19.8 Å². The molecule has 10 N–H and O–H groups in total. The van der Waals surface area contributed by atoms with E-state index >= 15 is 0 Å². The highest BCUT2D eigenvalue weighted by Crippen LogP contribution is 1.97.